The van der Waals surface area contributed by atoms with Crippen LogP contribution in [-0.4, -0.2) is 68.3 Å². The lowest BCUT2D eigenvalue weighted by molar-refractivity contribution is -0.133. The standard InChI is InChI=1S/C28H35ClF2N6O2.C2H6/c1-17-15-35(24(20-13-28(30,31)14-20)19-6-8-21(29)9-7-19)10-11-36(17)25-23-26(34(3)27(38)33-25)37(18(2)32-23)16-22-5-4-12-39-22;1-2/h6-9,17,20,22,24H,4-5,10-16H2,1-3H3;1-2H3. The van der Waals surface area contributed by atoms with E-state index >= 15 is 0 Å². The fraction of sp³-hybridized carbons (Fsp3) is 0.633. The first-order valence-corrected chi connectivity index (χ1v) is 15.2. The second kappa shape index (κ2) is 12.0. The van der Waals surface area contributed by atoms with Gasteiger partial charge in [-0.1, -0.05) is 37.6 Å². The Labute approximate surface area is 245 Å². The lowest BCUT2D eigenvalue weighted by Crippen LogP contribution is -2.56. The Balaban J connectivity index is 0.00000165. The minimum Gasteiger partial charge on any atom is -0.376 e. The number of imidazole rings is 1. The fourth-order valence-corrected chi connectivity index (χ4v) is 6.81. The SMILES string of the molecule is CC.Cc1nc2c(N3CCN(C(c4ccc(Cl)cc4)C4CC(F)(F)C4)CC3C)nc(=O)n(C)c2n1CC1CCCO1. The van der Waals surface area contributed by atoms with Gasteiger partial charge in [-0.05, 0) is 50.3 Å². The number of piperazine rings is 1. The van der Waals surface area contributed by atoms with Crippen LogP contribution in [0.4, 0.5) is 14.6 Å². The second-order valence-corrected chi connectivity index (χ2v) is 11.8. The zero-order valence-electron chi connectivity index (χ0n) is 24.6. The number of halogens is 3. The summed E-state index contributed by atoms with van der Waals surface area (Å²) in [4.78, 5) is 26.9. The van der Waals surface area contributed by atoms with E-state index in [1.807, 2.05) is 45.0 Å². The molecule has 0 amide bonds. The highest BCUT2D eigenvalue weighted by Gasteiger charge is 2.50. The molecule has 0 N–H and O–H groups in total. The molecule has 2 saturated heterocycles. The number of rotatable bonds is 6. The monoisotopic (exact) mass is 590 g/mol. The van der Waals surface area contributed by atoms with Crippen LogP contribution in [0.1, 0.15) is 63.9 Å². The average Bonchev–Trinajstić information content (AvgIpc) is 3.56. The molecule has 4 heterocycles. The van der Waals surface area contributed by atoms with Crippen molar-refractivity contribution in [3.8, 4) is 0 Å². The van der Waals surface area contributed by atoms with E-state index in [2.05, 4.69) is 26.3 Å². The van der Waals surface area contributed by atoms with Gasteiger partial charge in [0.25, 0.3) is 0 Å². The topological polar surface area (TPSA) is 68.4 Å². The molecule has 3 atom stereocenters. The van der Waals surface area contributed by atoms with Crippen LogP contribution in [0.25, 0.3) is 11.2 Å². The van der Waals surface area contributed by atoms with Crippen LogP contribution >= 0.6 is 11.6 Å². The quantitative estimate of drug-likeness (QED) is 0.373. The minimum absolute atomic E-state index is 0.000523. The number of benzene rings is 1. The summed E-state index contributed by atoms with van der Waals surface area (Å²) in [5.41, 5.74) is 2.15. The maximum atomic E-state index is 13.9. The predicted molar refractivity (Wildman–Crippen MR) is 158 cm³/mol. The fourth-order valence-electron chi connectivity index (χ4n) is 6.69. The molecule has 2 aromatic heterocycles. The van der Waals surface area contributed by atoms with Gasteiger partial charge in [0, 0.05) is 63.2 Å². The first-order chi connectivity index (χ1) is 19.6. The van der Waals surface area contributed by atoms with Crippen molar-refractivity contribution in [3.63, 3.8) is 0 Å². The number of anilines is 1. The van der Waals surface area contributed by atoms with E-state index in [0.717, 1.165) is 36.5 Å². The lowest BCUT2D eigenvalue weighted by atomic mass is 9.73. The Morgan fingerprint density at radius 2 is 1.85 bits per heavy atom. The summed E-state index contributed by atoms with van der Waals surface area (Å²) >= 11 is 6.13. The van der Waals surface area contributed by atoms with E-state index in [1.165, 1.54) is 0 Å². The number of aryl methyl sites for hydroxylation is 2. The molecule has 6 rings (SSSR count). The highest BCUT2D eigenvalue weighted by molar-refractivity contribution is 6.30. The van der Waals surface area contributed by atoms with E-state index in [9.17, 15) is 13.6 Å². The van der Waals surface area contributed by atoms with Gasteiger partial charge in [-0.15, -0.1) is 0 Å². The smallest absolute Gasteiger partial charge is 0.350 e. The van der Waals surface area contributed by atoms with E-state index in [-0.39, 0.29) is 42.6 Å². The maximum Gasteiger partial charge on any atom is 0.350 e. The van der Waals surface area contributed by atoms with E-state index in [1.54, 1.807) is 11.6 Å². The number of alkyl halides is 2. The normalized spacial score (nSPS) is 23.8. The van der Waals surface area contributed by atoms with Crippen molar-refractivity contribution in [1.29, 1.82) is 0 Å². The van der Waals surface area contributed by atoms with E-state index in [0.29, 0.717) is 42.5 Å². The van der Waals surface area contributed by atoms with Crippen molar-refractivity contribution in [2.24, 2.45) is 13.0 Å². The van der Waals surface area contributed by atoms with Gasteiger partial charge in [0.15, 0.2) is 5.82 Å². The van der Waals surface area contributed by atoms with Crippen molar-refractivity contribution < 1.29 is 13.5 Å². The van der Waals surface area contributed by atoms with Gasteiger partial charge in [0.1, 0.15) is 17.0 Å². The number of ether oxygens (including phenoxy) is 1. The van der Waals surface area contributed by atoms with Crippen LogP contribution in [0, 0.1) is 12.8 Å². The van der Waals surface area contributed by atoms with Crippen LogP contribution in [0.2, 0.25) is 5.02 Å². The highest BCUT2D eigenvalue weighted by Crippen LogP contribution is 2.50. The number of hydrogen-bond acceptors (Lipinski definition) is 6. The number of aromatic nitrogens is 4. The molecule has 2 aliphatic heterocycles. The number of fused-ring (bicyclic) bond motifs is 1. The Kier molecular flexibility index (Phi) is 8.74. The summed E-state index contributed by atoms with van der Waals surface area (Å²) in [5.74, 6) is -1.30. The van der Waals surface area contributed by atoms with Gasteiger partial charge in [-0.3, -0.25) is 9.47 Å². The lowest BCUT2D eigenvalue weighted by Gasteiger charge is -2.49. The van der Waals surface area contributed by atoms with Gasteiger partial charge >= 0.3 is 5.69 Å². The molecule has 3 aromatic rings. The Morgan fingerprint density at radius 1 is 1.15 bits per heavy atom. The molecule has 1 aliphatic carbocycles. The molecule has 224 valence electrons. The molecule has 3 unspecified atom stereocenters. The van der Waals surface area contributed by atoms with Crippen molar-refractivity contribution in [1.82, 2.24) is 24.0 Å². The Bertz CT molecular complexity index is 1410. The molecule has 3 aliphatic rings. The van der Waals surface area contributed by atoms with Crippen LogP contribution in [0.15, 0.2) is 29.1 Å². The first-order valence-electron chi connectivity index (χ1n) is 14.8. The van der Waals surface area contributed by atoms with Crippen molar-refractivity contribution in [3.05, 3.63) is 51.2 Å². The van der Waals surface area contributed by atoms with Crippen LogP contribution in [0.5, 0.6) is 0 Å². The molecule has 0 bridgehead atoms. The molecular weight excluding hydrogens is 550 g/mol. The summed E-state index contributed by atoms with van der Waals surface area (Å²) in [6.07, 6.45) is 1.94. The molecule has 1 aromatic carbocycles. The molecular formula is C30H41ClF2N6O2. The third-order valence-electron chi connectivity index (χ3n) is 8.66. The molecule has 0 spiro atoms. The van der Waals surface area contributed by atoms with Crippen LogP contribution in [0.3, 0.4) is 0 Å². The third kappa shape index (κ3) is 5.88. The van der Waals surface area contributed by atoms with Crippen LogP contribution < -0.4 is 10.6 Å². The highest BCUT2D eigenvalue weighted by atomic mass is 35.5. The minimum atomic E-state index is -2.59. The maximum absolute atomic E-state index is 13.9. The summed E-state index contributed by atoms with van der Waals surface area (Å²) < 4.78 is 37.4. The van der Waals surface area contributed by atoms with Crippen molar-refractivity contribution in [2.75, 3.05) is 31.1 Å². The molecule has 3 fully saturated rings. The van der Waals surface area contributed by atoms with Gasteiger partial charge < -0.3 is 14.2 Å². The Morgan fingerprint density at radius 3 is 2.46 bits per heavy atom. The molecule has 41 heavy (non-hydrogen) atoms. The third-order valence-corrected chi connectivity index (χ3v) is 8.92. The first kappa shape index (κ1) is 29.9. The second-order valence-electron chi connectivity index (χ2n) is 11.4. The molecule has 1 saturated carbocycles. The zero-order chi connectivity index (χ0) is 29.5. The predicted octanol–water partition coefficient (Wildman–Crippen LogP) is 5.59. The van der Waals surface area contributed by atoms with Gasteiger partial charge in [-0.2, -0.15) is 4.98 Å². The summed E-state index contributed by atoms with van der Waals surface area (Å²) in [5, 5.41) is 0.629. The Hall–Kier alpha value is -2.56. The van der Waals surface area contributed by atoms with Gasteiger partial charge in [-0.25, -0.2) is 18.6 Å². The number of nitrogens with zero attached hydrogens (tertiary/aromatic N) is 6. The van der Waals surface area contributed by atoms with E-state index in [4.69, 9.17) is 21.3 Å². The molecule has 0 radical (unpaired) electrons. The average molecular weight is 591 g/mol. The van der Waals surface area contributed by atoms with Gasteiger partial charge in [0.2, 0.25) is 5.92 Å². The summed E-state index contributed by atoms with van der Waals surface area (Å²) in [6.45, 7) is 11.4. The van der Waals surface area contributed by atoms with Crippen LogP contribution in [-0.2, 0) is 18.3 Å². The summed E-state index contributed by atoms with van der Waals surface area (Å²) in [6, 6.07) is 7.45. The van der Waals surface area contributed by atoms with Crippen molar-refractivity contribution in [2.45, 2.75) is 84.0 Å². The van der Waals surface area contributed by atoms with Crippen molar-refractivity contribution >= 4 is 28.6 Å². The van der Waals surface area contributed by atoms with E-state index < -0.39 is 5.92 Å². The molecule has 11 heteroatoms. The zero-order valence-corrected chi connectivity index (χ0v) is 25.4. The largest absolute Gasteiger partial charge is 0.376 e. The summed E-state index contributed by atoms with van der Waals surface area (Å²) in [7, 11) is 1.74. The molecule has 8 nitrogen and oxygen atoms in total. The number of hydrogen-bond donors (Lipinski definition) is 0. The van der Waals surface area contributed by atoms with Gasteiger partial charge in [0.05, 0.1) is 12.6 Å².